The van der Waals surface area contributed by atoms with Crippen molar-refractivity contribution >= 4 is 23.0 Å². The molecule has 0 aliphatic carbocycles. The highest BCUT2D eigenvalue weighted by molar-refractivity contribution is 5.66. The Kier molecular flexibility index (Phi) is 14.1. The molecule has 2 saturated heterocycles. The fourth-order valence-corrected chi connectivity index (χ4v) is 9.13. The maximum absolute atomic E-state index is 13.9. The van der Waals surface area contributed by atoms with Crippen LogP contribution in [0, 0.1) is 0 Å². The quantitative estimate of drug-likeness (QED) is 0.106. The lowest BCUT2D eigenvalue weighted by Gasteiger charge is -2.38. The van der Waals surface area contributed by atoms with E-state index < -0.39 is 34.7 Å². The Bertz CT molecular complexity index is 2400. The summed E-state index contributed by atoms with van der Waals surface area (Å²) in [5, 5.41) is 26.0. The summed E-state index contributed by atoms with van der Waals surface area (Å²) in [7, 11) is 6.06. The lowest BCUT2D eigenvalue weighted by molar-refractivity contribution is 0.0459. The fourth-order valence-electron chi connectivity index (χ4n) is 9.13. The van der Waals surface area contributed by atoms with E-state index in [2.05, 4.69) is 30.2 Å². The molecule has 352 valence electrons. The van der Waals surface area contributed by atoms with Gasteiger partial charge in [0.1, 0.15) is 24.8 Å². The van der Waals surface area contributed by atoms with E-state index in [1.165, 1.54) is 23.2 Å². The molecular weight excluding hydrogens is 841 g/mol. The van der Waals surface area contributed by atoms with Crippen molar-refractivity contribution < 1.29 is 29.2 Å². The van der Waals surface area contributed by atoms with Crippen LogP contribution >= 0.6 is 0 Å². The monoisotopic (exact) mass is 902 g/mol. The standard InChI is InChI=1S/C45H62N10O10/c1-48-40(46-13-7-15-52-17-21-54(22-18-52)34-9-5-11-36-38(34)64-30(26-56)28-62-36)32(42(58)50(3)44(48)60)25-33-41(49(2)45(61)51(4)43(33)59)47-14-8-16-53-19-23-55(24-20-53)35-10-6-12-37-39(35)65-31(27-57)29-63-37/h5-6,9-12,30-31,46-47,56-57H,7-8,13-29H2,1-4H3. The largest absolute Gasteiger partial charge is 0.486 e. The highest BCUT2D eigenvalue weighted by Crippen LogP contribution is 2.42. The number of nitrogens with zero attached hydrogens (tertiary/aromatic N) is 8. The van der Waals surface area contributed by atoms with Gasteiger partial charge in [-0.2, -0.15) is 0 Å². The lowest BCUT2D eigenvalue weighted by atomic mass is 10.1. The molecule has 4 aliphatic heterocycles. The molecule has 8 rings (SSSR count). The molecule has 0 bridgehead atoms. The first-order valence-corrected chi connectivity index (χ1v) is 22.5. The first-order valence-electron chi connectivity index (χ1n) is 22.5. The Labute approximate surface area is 376 Å². The van der Waals surface area contributed by atoms with Gasteiger partial charge >= 0.3 is 11.4 Å². The fraction of sp³-hybridized carbons (Fsp3) is 0.556. The Morgan fingerprint density at radius 1 is 0.569 bits per heavy atom. The molecule has 4 aromatic rings. The van der Waals surface area contributed by atoms with Gasteiger partial charge in [-0.15, -0.1) is 0 Å². The van der Waals surface area contributed by atoms with Crippen LogP contribution < -0.4 is 61.9 Å². The molecule has 6 heterocycles. The molecule has 2 fully saturated rings. The van der Waals surface area contributed by atoms with Crippen molar-refractivity contribution in [3.05, 3.63) is 89.2 Å². The van der Waals surface area contributed by atoms with E-state index in [4.69, 9.17) is 18.9 Å². The molecule has 0 saturated carbocycles. The predicted octanol–water partition coefficient (Wildman–Crippen LogP) is -0.415. The molecule has 2 atom stereocenters. The summed E-state index contributed by atoms with van der Waals surface area (Å²) in [5.74, 6) is 3.37. The number of ether oxygens (including phenoxy) is 4. The van der Waals surface area contributed by atoms with Crippen LogP contribution in [0.3, 0.4) is 0 Å². The molecule has 4 aliphatic rings. The Morgan fingerprint density at radius 2 is 0.969 bits per heavy atom. The Hall–Kier alpha value is -5.96. The third-order valence-electron chi connectivity index (χ3n) is 12.9. The van der Waals surface area contributed by atoms with Gasteiger partial charge in [0.15, 0.2) is 35.2 Å². The van der Waals surface area contributed by atoms with Crippen molar-refractivity contribution in [2.45, 2.75) is 31.5 Å². The van der Waals surface area contributed by atoms with Gasteiger partial charge < -0.3 is 49.6 Å². The average molecular weight is 903 g/mol. The maximum Gasteiger partial charge on any atom is 0.332 e. The molecule has 0 spiro atoms. The first-order chi connectivity index (χ1) is 31.5. The number of aromatic nitrogens is 4. The van der Waals surface area contributed by atoms with Crippen LogP contribution in [0.2, 0.25) is 0 Å². The Morgan fingerprint density at radius 3 is 1.35 bits per heavy atom. The molecule has 20 heteroatoms. The van der Waals surface area contributed by atoms with E-state index >= 15 is 0 Å². The minimum atomic E-state index is -0.515. The van der Waals surface area contributed by atoms with E-state index in [1.807, 2.05) is 36.4 Å². The SMILES string of the molecule is Cn1c(NCCCN2CCN(c3cccc4c3OC(CO)CO4)CC2)c(Cc2c(NCCCN3CCN(c4cccc5c4OC(CO)CO5)CC3)n(C)c(=O)n(C)c2=O)c(=O)n(C)c1=O. The van der Waals surface area contributed by atoms with Crippen LogP contribution in [-0.4, -0.2) is 155 Å². The number of aliphatic hydroxyl groups excluding tert-OH is 2. The normalized spacial score (nSPS) is 18.8. The number of nitrogens with one attached hydrogen (secondary N) is 2. The highest BCUT2D eigenvalue weighted by atomic mass is 16.6. The molecule has 2 aromatic heterocycles. The molecule has 0 radical (unpaired) electrons. The van der Waals surface area contributed by atoms with Crippen molar-refractivity contribution in [1.29, 1.82) is 0 Å². The molecular formula is C45H62N10O10. The molecule has 2 unspecified atom stereocenters. The Balaban J connectivity index is 0.882. The van der Waals surface area contributed by atoms with Crippen molar-refractivity contribution in [2.24, 2.45) is 28.2 Å². The van der Waals surface area contributed by atoms with Gasteiger partial charge in [0, 0.05) is 100 Å². The van der Waals surface area contributed by atoms with Crippen LogP contribution in [0.5, 0.6) is 23.0 Å². The number of para-hydroxylation sites is 2. The third-order valence-corrected chi connectivity index (χ3v) is 12.9. The van der Waals surface area contributed by atoms with Crippen LogP contribution in [0.1, 0.15) is 24.0 Å². The van der Waals surface area contributed by atoms with E-state index in [1.54, 1.807) is 14.1 Å². The van der Waals surface area contributed by atoms with E-state index in [0.717, 1.165) is 98.8 Å². The van der Waals surface area contributed by atoms with Crippen LogP contribution in [0.4, 0.5) is 23.0 Å². The van der Waals surface area contributed by atoms with Gasteiger partial charge in [-0.1, -0.05) is 12.1 Å². The van der Waals surface area contributed by atoms with Crippen molar-refractivity contribution in [3.63, 3.8) is 0 Å². The van der Waals surface area contributed by atoms with Gasteiger partial charge in [-0.05, 0) is 50.2 Å². The van der Waals surface area contributed by atoms with Crippen molar-refractivity contribution in [2.75, 3.05) is 125 Å². The first kappa shape index (κ1) is 45.6. The number of aliphatic hydroxyl groups is 2. The van der Waals surface area contributed by atoms with Crippen LogP contribution in [0.15, 0.2) is 55.6 Å². The molecule has 2 aromatic carbocycles. The zero-order valence-electron chi connectivity index (χ0n) is 37.8. The molecule has 4 N–H and O–H groups in total. The second-order valence-corrected chi connectivity index (χ2v) is 17.1. The van der Waals surface area contributed by atoms with Crippen molar-refractivity contribution in [3.8, 4) is 23.0 Å². The average Bonchev–Trinajstić information content (AvgIpc) is 3.34. The van der Waals surface area contributed by atoms with Crippen LogP contribution in [-0.2, 0) is 34.6 Å². The number of fused-ring (bicyclic) bond motifs is 2. The zero-order chi connectivity index (χ0) is 45.8. The zero-order valence-corrected chi connectivity index (χ0v) is 37.8. The number of rotatable bonds is 16. The summed E-state index contributed by atoms with van der Waals surface area (Å²) in [5.41, 5.74) is 0.394. The third kappa shape index (κ3) is 9.57. The van der Waals surface area contributed by atoms with Gasteiger partial charge in [-0.3, -0.25) is 37.7 Å². The smallest absolute Gasteiger partial charge is 0.332 e. The number of hydrogen-bond acceptors (Lipinski definition) is 16. The molecule has 20 nitrogen and oxygen atoms in total. The van der Waals surface area contributed by atoms with Crippen molar-refractivity contribution in [1.82, 2.24) is 28.1 Å². The van der Waals surface area contributed by atoms with Gasteiger partial charge in [0.05, 0.1) is 35.7 Å². The number of piperazine rings is 2. The number of benzene rings is 2. The minimum Gasteiger partial charge on any atom is -0.486 e. The topological polar surface area (TPSA) is 202 Å². The molecule has 65 heavy (non-hydrogen) atoms. The van der Waals surface area contributed by atoms with E-state index in [0.29, 0.717) is 60.9 Å². The molecule has 0 amide bonds. The maximum atomic E-state index is 13.9. The second-order valence-electron chi connectivity index (χ2n) is 17.1. The van der Waals surface area contributed by atoms with Gasteiger partial charge in [-0.25, -0.2) is 9.59 Å². The minimum absolute atomic E-state index is 0.107. The number of anilines is 4. The second kappa shape index (κ2) is 20.1. The number of hydrogen-bond donors (Lipinski definition) is 4. The van der Waals surface area contributed by atoms with Crippen LogP contribution in [0.25, 0.3) is 0 Å². The lowest BCUT2D eigenvalue weighted by Crippen LogP contribution is -2.47. The summed E-state index contributed by atoms with van der Waals surface area (Å²) in [4.78, 5) is 63.5. The summed E-state index contributed by atoms with van der Waals surface area (Å²) in [6.07, 6.45) is 0.551. The summed E-state index contributed by atoms with van der Waals surface area (Å²) < 4.78 is 28.7. The van der Waals surface area contributed by atoms with Gasteiger partial charge in [0.2, 0.25) is 0 Å². The summed E-state index contributed by atoms with van der Waals surface area (Å²) in [6, 6.07) is 11.7. The highest BCUT2D eigenvalue weighted by Gasteiger charge is 2.29. The summed E-state index contributed by atoms with van der Waals surface area (Å²) in [6.45, 7) is 9.30. The predicted molar refractivity (Wildman–Crippen MR) is 247 cm³/mol. The van der Waals surface area contributed by atoms with Gasteiger partial charge in [0.25, 0.3) is 11.1 Å². The summed E-state index contributed by atoms with van der Waals surface area (Å²) >= 11 is 0. The van der Waals surface area contributed by atoms with E-state index in [9.17, 15) is 29.4 Å². The van der Waals surface area contributed by atoms with E-state index in [-0.39, 0.29) is 30.8 Å².